The number of benzene rings is 2. The van der Waals surface area contributed by atoms with E-state index < -0.39 is 24.1 Å². The Balaban J connectivity index is 1.74. The van der Waals surface area contributed by atoms with Crippen LogP contribution in [0, 0.1) is 0 Å². The van der Waals surface area contributed by atoms with Crippen LogP contribution in [0.15, 0.2) is 71.3 Å². The van der Waals surface area contributed by atoms with E-state index in [9.17, 15) is 14.7 Å². The Hall–Kier alpha value is -2.93. The number of aliphatic hydroxyl groups excluding tert-OH is 1. The van der Waals surface area contributed by atoms with Crippen LogP contribution in [-0.4, -0.2) is 35.9 Å². The van der Waals surface area contributed by atoms with E-state index in [2.05, 4.69) is 0 Å². The van der Waals surface area contributed by atoms with E-state index in [1.54, 1.807) is 31.2 Å². The zero-order chi connectivity index (χ0) is 20.6. The van der Waals surface area contributed by atoms with Gasteiger partial charge < -0.3 is 19.3 Å². The smallest absolute Gasteiger partial charge is 0.351 e. The number of cyclic esters (lactones) is 1. The molecule has 6 nitrogen and oxygen atoms in total. The maximum atomic E-state index is 12.5. The number of ether oxygens (including phenoxy) is 3. The van der Waals surface area contributed by atoms with Crippen LogP contribution in [0.1, 0.15) is 18.9 Å². The van der Waals surface area contributed by atoms with Crippen molar-refractivity contribution in [2.24, 2.45) is 0 Å². The molecule has 1 heterocycles. The maximum absolute atomic E-state index is 12.5. The predicted octanol–water partition coefficient (Wildman–Crippen LogP) is 4.02. The number of esters is 2. The second-order valence-corrected chi connectivity index (χ2v) is 7.29. The molecule has 0 aliphatic carbocycles. The van der Waals surface area contributed by atoms with E-state index in [-0.39, 0.29) is 23.7 Å². The van der Waals surface area contributed by atoms with Gasteiger partial charge in [-0.1, -0.05) is 48.5 Å². The molecular weight excluding hydrogens is 392 g/mol. The van der Waals surface area contributed by atoms with Gasteiger partial charge in [-0.15, -0.1) is 11.8 Å². The van der Waals surface area contributed by atoms with E-state index in [1.165, 1.54) is 11.8 Å². The van der Waals surface area contributed by atoms with Gasteiger partial charge in [-0.2, -0.15) is 0 Å². The standard InChI is InChI=1S/C22H22O6S/c1-2-26-21(24)19(27-16-11-7-4-8-12-16)18-13-17(23)20(22(25)28-18)29-14-15-9-5-3-6-10-15/h3-12,18-19,23H,2,13-14H2,1H3. The van der Waals surface area contributed by atoms with Crippen molar-refractivity contribution < 1.29 is 28.9 Å². The highest BCUT2D eigenvalue weighted by Crippen LogP contribution is 2.33. The summed E-state index contributed by atoms with van der Waals surface area (Å²) in [5.74, 6) is -0.484. The number of carbonyl (C=O) groups is 2. The lowest BCUT2D eigenvalue weighted by atomic mass is 10.1. The molecule has 0 aromatic heterocycles. The van der Waals surface area contributed by atoms with E-state index >= 15 is 0 Å². The topological polar surface area (TPSA) is 82.1 Å². The molecule has 1 aliphatic heterocycles. The lowest BCUT2D eigenvalue weighted by molar-refractivity contribution is -0.166. The highest BCUT2D eigenvalue weighted by Gasteiger charge is 2.40. The molecule has 0 saturated carbocycles. The van der Waals surface area contributed by atoms with Crippen molar-refractivity contribution in [3.05, 3.63) is 76.9 Å². The van der Waals surface area contributed by atoms with Crippen LogP contribution in [0.4, 0.5) is 0 Å². The van der Waals surface area contributed by atoms with Crippen molar-refractivity contribution in [1.29, 1.82) is 0 Å². The largest absolute Gasteiger partial charge is 0.511 e. The number of hydrogen-bond donors (Lipinski definition) is 1. The summed E-state index contributed by atoms with van der Waals surface area (Å²) in [4.78, 5) is 25.1. The van der Waals surface area contributed by atoms with E-state index in [0.717, 1.165) is 5.56 Å². The molecule has 2 aromatic carbocycles. The summed E-state index contributed by atoms with van der Waals surface area (Å²) >= 11 is 1.20. The van der Waals surface area contributed by atoms with Crippen molar-refractivity contribution in [3.8, 4) is 5.75 Å². The first-order chi connectivity index (χ1) is 14.1. The van der Waals surface area contributed by atoms with E-state index in [1.807, 2.05) is 36.4 Å². The second kappa shape index (κ2) is 10.0. The summed E-state index contributed by atoms with van der Waals surface area (Å²) in [5.41, 5.74) is 1.02. The molecule has 2 aromatic rings. The Kier molecular flexibility index (Phi) is 7.19. The van der Waals surface area contributed by atoms with Gasteiger partial charge in [0.25, 0.3) is 0 Å². The summed E-state index contributed by atoms with van der Waals surface area (Å²) in [6.45, 7) is 1.84. The van der Waals surface area contributed by atoms with Crippen LogP contribution in [0.2, 0.25) is 0 Å². The van der Waals surface area contributed by atoms with Gasteiger partial charge in [-0.3, -0.25) is 0 Å². The fraction of sp³-hybridized carbons (Fsp3) is 0.273. The minimum absolute atomic E-state index is 0.0286. The van der Waals surface area contributed by atoms with Crippen molar-refractivity contribution in [2.75, 3.05) is 6.61 Å². The molecule has 0 amide bonds. The number of para-hydroxylation sites is 1. The Bertz CT molecular complexity index is 865. The first-order valence-corrected chi connectivity index (χ1v) is 10.2. The summed E-state index contributed by atoms with van der Waals surface area (Å²) in [5, 5.41) is 10.5. The zero-order valence-electron chi connectivity index (χ0n) is 15.9. The second-order valence-electron chi connectivity index (χ2n) is 6.30. The molecule has 152 valence electrons. The summed E-state index contributed by atoms with van der Waals surface area (Å²) in [7, 11) is 0. The number of aliphatic hydroxyl groups is 1. The molecule has 0 bridgehead atoms. The molecule has 0 fully saturated rings. The SMILES string of the molecule is CCOC(=O)C(Oc1ccccc1)C1CC(O)=C(SCc2ccccc2)C(=O)O1. The molecule has 7 heteroatoms. The first kappa shape index (κ1) is 20.8. The quantitative estimate of drug-likeness (QED) is 0.654. The molecular formula is C22H22O6S. The number of hydrogen-bond acceptors (Lipinski definition) is 7. The van der Waals surface area contributed by atoms with Crippen LogP contribution in [0.3, 0.4) is 0 Å². The van der Waals surface area contributed by atoms with Crippen molar-refractivity contribution in [2.45, 2.75) is 31.3 Å². The average Bonchev–Trinajstić information content (AvgIpc) is 2.73. The molecule has 0 spiro atoms. The Labute approximate surface area is 173 Å². The van der Waals surface area contributed by atoms with Crippen molar-refractivity contribution in [1.82, 2.24) is 0 Å². The molecule has 0 radical (unpaired) electrons. The molecule has 2 unspecified atom stereocenters. The predicted molar refractivity (Wildman–Crippen MR) is 109 cm³/mol. The van der Waals surface area contributed by atoms with Crippen molar-refractivity contribution >= 4 is 23.7 Å². The summed E-state index contributed by atoms with van der Waals surface area (Å²) in [6.07, 6.45) is -2.19. The van der Waals surface area contributed by atoms with Gasteiger partial charge in [-0.05, 0) is 24.6 Å². The molecule has 2 atom stereocenters. The Morgan fingerprint density at radius 3 is 2.45 bits per heavy atom. The lowest BCUT2D eigenvalue weighted by Crippen LogP contribution is -2.45. The highest BCUT2D eigenvalue weighted by atomic mass is 32.2. The van der Waals surface area contributed by atoms with Gasteiger partial charge in [-0.25, -0.2) is 9.59 Å². The molecule has 1 aliphatic rings. The van der Waals surface area contributed by atoms with E-state index in [4.69, 9.17) is 14.2 Å². The van der Waals surface area contributed by atoms with Crippen LogP contribution in [0.25, 0.3) is 0 Å². The highest BCUT2D eigenvalue weighted by molar-refractivity contribution is 8.03. The third-order valence-electron chi connectivity index (χ3n) is 4.19. The van der Waals surface area contributed by atoms with Gasteiger partial charge in [0.1, 0.15) is 16.4 Å². The minimum atomic E-state index is -1.18. The number of rotatable bonds is 8. The van der Waals surface area contributed by atoms with Crippen LogP contribution < -0.4 is 4.74 Å². The normalized spacial score (nSPS) is 17.4. The third kappa shape index (κ3) is 5.54. The Morgan fingerprint density at radius 2 is 1.83 bits per heavy atom. The number of carbonyl (C=O) groups excluding carboxylic acids is 2. The van der Waals surface area contributed by atoms with Gasteiger partial charge in [0, 0.05) is 12.2 Å². The van der Waals surface area contributed by atoms with Crippen LogP contribution in [-0.2, 0) is 24.8 Å². The molecule has 0 saturated heterocycles. The van der Waals surface area contributed by atoms with Gasteiger partial charge in [0.15, 0.2) is 6.10 Å². The van der Waals surface area contributed by atoms with Crippen molar-refractivity contribution in [3.63, 3.8) is 0 Å². The first-order valence-electron chi connectivity index (χ1n) is 9.26. The van der Waals surface area contributed by atoms with E-state index in [0.29, 0.717) is 11.5 Å². The Morgan fingerprint density at radius 1 is 1.17 bits per heavy atom. The molecule has 3 rings (SSSR count). The average molecular weight is 414 g/mol. The fourth-order valence-corrected chi connectivity index (χ4v) is 3.74. The zero-order valence-corrected chi connectivity index (χ0v) is 16.8. The summed E-state index contributed by atoms with van der Waals surface area (Å²) < 4.78 is 16.3. The summed E-state index contributed by atoms with van der Waals surface area (Å²) in [6, 6.07) is 18.3. The van der Waals surface area contributed by atoms with Gasteiger partial charge >= 0.3 is 11.9 Å². The van der Waals surface area contributed by atoms with Gasteiger partial charge in [0.05, 0.1) is 6.61 Å². The van der Waals surface area contributed by atoms with Gasteiger partial charge in [0.2, 0.25) is 6.10 Å². The maximum Gasteiger partial charge on any atom is 0.351 e. The fourth-order valence-electron chi connectivity index (χ4n) is 2.82. The van der Waals surface area contributed by atoms with Crippen LogP contribution >= 0.6 is 11.8 Å². The lowest BCUT2D eigenvalue weighted by Gasteiger charge is -2.29. The molecule has 1 N–H and O–H groups in total. The minimum Gasteiger partial charge on any atom is -0.511 e. The third-order valence-corrected chi connectivity index (χ3v) is 5.36. The molecule has 29 heavy (non-hydrogen) atoms. The monoisotopic (exact) mass is 414 g/mol. The van der Waals surface area contributed by atoms with Crippen LogP contribution in [0.5, 0.6) is 5.75 Å². The number of thioether (sulfide) groups is 1.